The number of esters is 1. The lowest BCUT2D eigenvalue weighted by Crippen LogP contribution is -2.37. The molecule has 2 N–H and O–H groups in total. The zero-order chi connectivity index (χ0) is 18.5. The van der Waals surface area contributed by atoms with Gasteiger partial charge in [0, 0.05) is 26.1 Å². The summed E-state index contributed by atoms with van der Waals surface area (Å²) in [6.07, 6.45) is 4.53. The van der Waals surface area contributed by atoms with Crippen LogP contribution in [0.25, 0.3) is 0 Å². The number of rotatable bonds is 11. The molecule has 0 aliphatic carbocycles. The van der Waals surface area contributed by atoms with E-state index in [1.165, 1.54) is 0 Å². The van der Waals surface area contributed by atoms with Crippen molar-refractivity contribution in [1.29, 1.82) is 0 Å². The average molecular weight is 480 g/mol. The van der Waals surface area contributed by atoms with E-state index in [1.807, 2.05) is 13.0 Å². The molecule has 0 saturated carbocycles. The Hall–Kier alpha value is -1.32. The van der Waals surface area contributed by atoms with Crippen molar-refractivity contribution in [3.8, 4) is 0 Å². The summed E-state index contributed by atoms with van der Waals surface area (Å²) in [6, 6.07) is 1.97. The Labute approximate surface area is 173 Å². The normalized spacial score (nSPS) is 11.2. The predicted octanol–water partition coefficient (Wildman–Crippen LogP) is 3.59. The molecular weight excluding hydrogens is 447 g/mol. The van der Waals surface area contributed by atoms with Gasteiger partial charge in [0.15, 0.2) is 11.7 Å². The highest BCUT2D eigenvalue weighted by Crippen LogP contribution is 2.13. The van der Waals surface area contributed by atoms with Gasteiger partial charge >= 0.3 is 5.97 Å². The molecule has 26 heavy (non-hydrogen) atoms. The Morgan fingerprint density at radius 3 is 2.62 bits per heavy atom. The van der Waals surface area contributed by atoms with Crippen molar-refractivity contribution in [1.82, 2.24) is 15.8 Å². The highest BCUT2D eigenvalue weighted by atomic mass is 127. The largest absolute Gasteiger partial charge is 0.466 e. The maximum Gasteiger partial charge on any atom is 0.305 e. The minimum absolute atomic E-state index is 0. The van der Waals surface area contributed by atoms with Crippen LogP contribution in [0.2, 0.25) is 0 Å². The maximum atomic E-state index is 11.2. The van der Waals surface area contributed by atoms with E-state index in [4.69, 9.17) is 9.26 Å². The van der Waals surface area contributed by atoms with Gasteiger partial charge in [0.1, 0.15) is 0 Å². The van der Waals surface area contributed by atoms with E-state index < -0.39 is 0 Å². The number of ether oxygens (including phenoxy) is 1. The topological polar surface area (TPSA) is 88.8 Å². The minimum atomic E-state index is -0.0988. The molecule has 0 saturated heterocycles. The van der Waals surface area contributed by atoms with E-state index in [0.717, 1.165) is 49.6 Å². The summed E-state index contributed by atoms with van der Waals surface area (Å²) >= 11 is 0. The minimum Gasteiger partial charge on any atom is -0.466 e. The van der Waals surface area contributed by atoms with Crippen LogP contribution in [-0.2, 0) is 16.1 Å². The summed E-state index contributed by atoms with van der Waals surface area (Å²) in [7, 11) is 1.74. The third kappa shape index (κ3) is 10.6. The zero-order valence-corrected chi connectivity index (χ0v) is 18.7. The zero-order valence-electron chi connectivity index (χ0n) is 16.3. The molecule has 1 aromatic rings. The smallest absolute Gasteiger partial charge is 0.305 e. The molecule has 0 atom stereocenters. The molecule has 0 aliphatic heterocycles. The van der Waals surface area contributed by atoms with Crippen LogP contribution in [0.15, 0.2) is 15.6 Å². The summed E-state index contributed by atoms with van der Waals surface area (Å²) in [4.78, 5) is 15.4. The van der Waals surface area contributed by atoms with Crippen molar-refractivity contribution in [3.63, 3.8) is 0 Å². The molecule has 8 heteroatoms. The number of halogens is 1. The Morgan fingerprint density at radius 2 is 2.00 bits per heavy atom. The second-order valence-electron chi connectivity index (χ2n) is 6.19. The van der Waals surface area contributed by atoms with Crippen LogP contribution in [-0.4, -0.2) is 37.3 Å². The third-order valence-corrected chi connectivity index (χ3v) is 3.73. The molecule has 150 valence electrons. The fraction of sp³-hybridized carbons (Fsp3) is 0.722. The van der Waals surface area contributed by atoms with Crippen LogP contribution >= 0.6 is 24.0 Å². The molecule has 1 heterocycles. The van der Waals surface area contributed by atoms with Crippen molar-refractivity contribution in [2.24, 2.45) is 4.99 Å². The SMILES string of the molecule is CCOC(=O)CCCCCCNC(=NC)NCc1cc(C(C)C)no1.I. The highest BCUT2D eigenvalue weighted by Gasteiger charge is 2.08. The molecule has 0 aromatic carbocycles. The number of carbonyl (C=O) groups is 1. The van der Waals surface area contributed by atoms with E-state index in [1.54, 1.807) is 7.05 Å². The predicted molar refractivity (Wildman–Crippen MR) is 114 cm³/mol. The van der Waals surface area contributed by atoms with Crippen LogP contribution in [0.4, 0.5) is 0 Å². The Balaban J connectivity index is 0.00000625. The van der Waals surface area contributed by atoms with Gasteiger partial charge in [-0.15, -0.1) is 24.0 Å². The molecule has 1 aromatic heterocycles. The van der Waals surface area contributed by atoms with Crippen molar-refractivity contribution >= 4 is 35.9 Å². The van der Waals surface area contributed by atoms with Crippen LogP contribution in [0.5, 0.6) is 0 Å². The number of hydrogen-bond acceptors (Lipinski definition) is 5. The second kappa shape index (κ2) is 14.8. The third-order valence-electron chi connectivity index (χ3n) is 3.73. The average Bonchev–Trinajstić information content (AvgIpc) is 3.06. The van der Waals surface area contributed by atoms with Crippen molar-refractivity contribution in [2.75, 3.05) is 20.2 Å². The van der Waals surface area contributed by atoms with Crippen LogP contribution in [0.3, 0.4) is 0 Å². The van der Waals surface area contributed by atoms with Gasteiger partial charge in [0.05, 0.1) is 18.8 Å². The lowest BCUT2D eigenvalue weighted by Gasteiger charge is -2.10. The molecular formula is C18H33IN4O3. The molecule has 0 spiro atoms. The number of nitrogens with one attached hydrogen (secondary N) is 2. The maximum absolute atomic E-state index is 11.2. The molecule has 0 bridgehead atoms. The summed E-state index contributed by atoms with van der Waals surface area (Å²) in [6.45, 7) is 7.86. The van der Waals surface area contributed by atoms with Crippen LogP contribution < -0.4 is 10.6 Å². The Morgan fingerprint density at radius 1 is 1.27 bits per heavy atom. The molecule has 0 radical (unpaired) electrons. The van der Waals surface area contributed by atoms with Gasteiger partial charge < -0.3 is 19.9 Å². The van der Waals surface area contributed by atoms with E-state index >= 15 is 0 Å². The standard InChI is InChI=1S/C18H32N4O3.HI/c1-5-24-17(23)10-8-6-7-9-11-20-18(19-4)21-13-15-12-16(14(2)3)22-25-15;/h12,14H,5-11,13H2,1-4H3,(H2,19,20,21);1H. The number of hydrogen-bond donors (Lipinski definition) is 2. The number of carbonyl (C=O) groups excluding carboxylic acids is 1. The summed E-state index contributed by atoms with van der Waals surface area (Å²) in [5.74, 6) is 1.80. The number of guanidine groups is 1. The number of nitrogens with zero attached hydrogens (tertiary/aromatic N) is 2. The fourth-order valence-corrected chi connectivity index (χ4v) is 2.26. The van der Waals surface area contributed by atoms with Gasteiger partial charge in [-0.2, -0.15) is 0 Å². The molecule has 0 aliphatic rings. The van der Waals surface area contributed by atoms with Gasteiger partial charge in [0.2, 0.25) is 0 Å². The van der Waals surface area contributed by atoms with Gasteiger partial charge in [-0.3, -0.25) is 9.79 Å². The van der Waals surface area contributed by atoms with Gasteiger partial charge in [0.25, 0.3) is 0 Å². The first-order valence-corrected chi connectivity index (χ1v) is 9.12. The molecule has 0 unspecified atom stereocenters. The van der Waals surface area contributed by atoms with Crippen LogP contribution in [0, 0.1) is 0 Å². The van der Waals surface area contributed by atoms with E-state index in [-0.39, 0.29) is 29.9 Å². The lowest BCUT2D eigenvalue weighted by atomic mass is 10.1. The van der Waals surface area contributed by atoms with Gasteiger partial charge in [-0.1, -0.05) is 31.8 Å². The Bertz CT molecular complexity index is 532. The van der Waals surface area contributed by atoms with Crippen molar-refractivity contribution in [2.45, 2.75) is 65.3 Å². The lowest BCUT2D eigenvalue weighted by molar-refractivity contribution is -0.143. The number of unbranched alkanes of at least 4 members (excludes halogenated alkanes) is 3. The van der Waals surface area contributed by atoms with Crippen molar-refractivity contribution < 1.29 is 14.1 Å². The summed E-state index contributed by atoms with van der Waals surface area (Å²) < 4.78 is 10.2. The molecule has 7 nitrogen and oxygen atoms in total. The molecule has 1 rings (SSSR count). The van der Waals surface area contributed by atoms with E-state index in [2.05, 4.69) is 34.6 Å². The molecule has 0 amide bonds. The second-order valence-corrected chi connectivity index (χ2v) is 6.19. The summed E-state index contributed by atoms with van der Waals surface area (Å²) in [5, 5.41) is 10.5. The van der Waals surface area contributed by atoms with Gasteiger partial charge in [-0.25, -0.2) is 0 Å². The number of aromatic nitrogens is 1. The summed E-state index contributed by atoms with van der Waals surface area (Å²) in [5.41, 5.74) is 0.961. The highest BCUT2D eigenvalue weighted by molar-refractivity contribution is 14.0. The van der Waals surface area contributed by atoms with E-state index in [0.29, 0.717) is 25.5 Å². The Kier molecular flexibility index (Phi) is 14.1. The van der Waals surface area contributed by atoms with Crippen LogP contribution in [0.1, 0.15) is 70.2 Å². The van der Waals surface area contributed by atoms with Crippen molar-refractivity contribution in [3.05, 3.63) is 17.5 Å². The molecule has 0 fully saturated rings. The first-order valence-electron chi connectivity index (χ1n) is 9.12. The first-order chi connectivity index (χ1) is 12.1. The first kappa shape index (κ1) is 24.7. The number of aliphatic imine (C=N–C) groups is 1. The monoisotopic (exact) mass is 480 g/mol. The quantitative estimate of drug-likeness (QED) is 0.166. The van der Waals surface area contributed by atoms with E-state index in [9.17, 15) is 4.79 Å². The van der Waals surface area contributed by atoms with Gasteiger partial charge in [-0.05, 0) is 25.7 Å². The fourth-order valence-electron chi connectivity index (χ4n) is 2.26.